The van der Waals surface area contributed by atoms with E-state index in [9.17, 15) is 4.39 Å². The number of hydrogen-bond donors (Lipinski definition) is 1. The van der Waals surface area contributed by atoms with Crippen LogP contribution in [0.1, 0.15) is 11.1 Å². The zero-order valence-corrected chi connectivity index (χ0v) is 11.7. The Morgan fingerprint density at radius 3 is 2.44 bits per heavy atom. The van der Waals surface area contributed by atoms with E-state index in [2.05, 4.69) is 15.9 Å². The van der Waals surface area contributed by atoms with Crippen molar-refractivity contribution in [2.75, 3.05) is 5.73 Å². The molecular formula is C14H13BrFNO. The summed E-state index contributed by atoms with van der Waals surface area (Å²) in [6.45, 7) is 3.95. The standard InChI is InChI=1S/C14H13BrFNO/c1-8-5-12(17)14(6-9(8)2)18-13-7-10(16)3-4-11(13)15/h3-7H,17H2,1-2H3. The molecule has 0 amide bonds. The Kier molecular flexibility index (Phi) is 3.57. The van der Waals surface area contributed by atoms with E-state index in [4.69, 9.17) is 10.5 Å². The monoisotopic (exact) mass is 309 g/mol. The number of hydrogen-bond acceptors (Lipinski definition) is 2. The quantitative estimate of drug-likeness (QED) is 0.824. The highest BCUT2D eigenvalue weighted by Gasteiger charge is 2.08. The van der Waals surface area contributed by atoms with E-state index >= 15 is 0 Å². The molecule has 0 aliphatic rings. The molecule has 0 spiro atoms. The summed E-state index contributed by atoms with van der Waals surface area (Å²) in [5.74, 6) is 0.588. The summed E-state index contributed by atoms with van der Waals surface area (Å²) in [5, 5.41) is 0. The van der Waals surface area contributed by atoms with E-state index in [-0.39, 0.29) is 5.82 Å². The van der Waals surface area contributed by atoms with Crippen LogP contribution in [0.4, 0.5) is 10.1 Å². The van der Waals surface area contributed by atoms with Gasteiger partial charge in [-0.25, -0.2) is 4.39 Å². The summed E-state index contributed by atoms with van der Waals surface area (Å²) in [5.41, 5.74) is 8.60. The average Bonchev–Trinajstić information content (AvgIpc) is 2.30. The van der Waals surface area contributed by atoms with Gasteiger partial charge in [-0.15, -0.1) is 0 Å². The molecule has 0 saturated heterocycles. The Labute approximate surface area is 114 Å². The Morgan fingerprint density at radius 2 is 1.72 bits per heavy atom. The molecule has 2 aromatic rings. The molecule has 2 aromatic carbocycles. The van der Waals surface area contributed by atoms with Gasteiger partial charge in [0.1, 0.15) is 11.6 Å². The minimum atomic E-state index is -0.351. The number of benzene rings is 2. The summed E-state index contributed by atoms with van der Waals surface area (Å²) in [6.07, 6.45) is 0. The topological polar surface area (TPSA) is 35.2 Å². The Morgan fingerprint density at radius 1 is 1.06 bits per heavy atom. The average molecular weight is 310 g/mol. The highest BCUT2D eigenvalue weighted by atomic mass is 79.9. The largest absolute Gasteiger partial charge is 0.454 e. The van der Waals surface area contributed by atoms with Crippen LogP contribution in [-0.4, -0.2) is 0 Å². The van der Waals surface area contributed by atoms with Gasteiger partial charge in [-0.3, -0.25) is 0 Å². The van der Waals surface area contributed by atoms with Crippen molar-refractivity contribution in [1.29, 1.82) is 0 Å². The predicted molar refractivity (Wildman–Crippen MR) is 74.5 cm³/mol. The summed E-state index contributed by atoms with van der Waals surface area (Å²) in [6, 6.07) is 7.97. The number of rotatable bonds is 2. The minimum absolute atomic E-state index is 0.351. The SMILES string of the molecule is Cc1cc(N)c(Oc2cc(F)ccc2Br)cc1C. The maximum atomic E-state index is 13.2. The van der Waals surface area contributed by atoms with Gasteiger partial charge in [0.2, 0.25) is 0 Å². The molecule has 0 atom stereocenters. The third-order valence-corrected chi connectivity index (χ3v) is 3.39. The predicted octanol–water partition coefficient (Wildman–Crippen LogP) is 4.58. The molecule has 0 aromatic heterocycles. The molecular weight excluding hydrogens is 297 g/mol. The van der Waals surface area contributed by atoms with Crippen molar-refractivity contribution in [3.8, 4) is 11.5 Å². The third-order valence-electron chi connectivity index (χ3n) is 2.74. The van der Waals surface area contributed by atoms with Gasteiger partial charge in [-0.2, -0.15) is 0 Å². The van der Waals surface area contributed by atoms with Crippen molar-refractivity contribution in [2.24, 2.45) is 0 Å². The summed E-state index contributed by atoms with van der Waals surface area (Å²) in [7, 11) is 0. The minimum Gasteiger partial charge on any atom is -0.454 e. The van der Waals surface area contributed by atoms with Gasteiger partial charge in [0.05, 0.1) is 10.2 Å². The molecule has 2 nitrogen and oxygen atoms in total. The second kappa shape index (κ2) is 4.98. The van der Waals surface area contributed by atoms with Crippen LogP contribution in [0.3, 0.4) is 0 Å². The molecule has 18 heavy (non-hydrogen) atoms. The van der Waals surface area contributed by atoms with Gasteiger partial charge in [-0.1, -0.05) is 0 Å². The van der Waals surface area contributed by atoms with E-state index in [1.807, 2.05) is 26.0 Å². The molecule has 2 N–H and O–H groups in total. The number of nitrogens with two attached hydrogens (primary N) is 1. The van der Waals surface area contributed by atoms with Crippen LogP contribution >= 0.6 is 15.9 Å². The Balaban J connectivity index is 2.40. The van der Waals surface area contributed by atoms with Crippen LogP contribution in [0.2, 0.25) is 0 Å². The number of halogens is 2. The van der Waals surface area contributed by atoms with Crippen molar-refractivity contribution in [2.45, 2.75) is 13.8 Å². The van der Waals surface area contributed by atoms with Crippen LogP contribution < -0.4 is 10.5 Å². The zero-order valence-electron chi connectivity index (χ0n) is 10.1. The van der Waals surface area contributed by atoms with E-state index in [1.165, 1.54) is 12.1 Å². The summed E-state index contributed by atoms with van der Waals surface area (Å²) in [4.78, 5) is 0. The van der Waals surface area contributed by atoms with Crippen LogP contribution in [-0.2, 0) is 0 Å². The zero-order chi connectivity index (χ0) is 13.3. The first-order chi connectivity index (χ1) is 8.47. The molecule has 0 heterocycles. The Hall–Kier alpha value is -1.55. The first-order valence-corrected chi connectivity index (χ1v) is 6.26. The molecule has 0 fully saturated rings. The molecule has 2 rings (SSSR count). The molecule has 4 heteroatoms. The molecule has 0 bridgehead atoms. The summed E-state index contributed by atoms with van der Waals surface area (Å²) >= 11 is 3.31. The normalized spacial score (nSPS) is 10.4. The van der Waals surface area contributed by atoms with Gasteiger partial charge >= 0.3 is 0 Å². The number of anilines is 1. The maximum absolute atomic E-state index is 13.2. The van der Waals surface area contributed by atoms with E-state index < -0.39 is 0 Å². The van der Waals surface area contributed by atoms with Crippen LogP contribution in [0.25, 0.3) is 0 Å². The first-order valence-electron chi connectivity index (χ1n) is 5.47. The second-order valence-electron chi connectivity index (χ2n) is 4.15. The van der Waals surface area contributed by atoms with Gasteiger partial charge in [0.25, 0.3) is 0 Å². The van der Waals surface area contributed by atoms with Crippen LogP contribution in [0.15, 0.2) is 34.8 Å². The molecule has 0 radical (unpaired) electrons. The van der Waals surface area contributed by atoms with E-state index in [1.54, 1.807) is 6.07 Å². The lowest BCUT2D eigenvalue weighted by Gasteiger charge is -2.12. The number of ether oxygens (including phenoxy) is 1. The first kappa shape index (κ1) is 12.9. The fourth-order valence-electron chi connectivity index (χ4n) is 1.57. The fourth-order valence-corrected chi connectivity index (χ4v) is 1.90. The lowest BCUT2D eigenvalue weighted by Crippen LogP contribution is -1.95. The molecule has 0 saturated carbocycles. The van der Waals surface area contributed by atoms with E-state index in [0.717, 1.165) is 11.1 Å². The second-order valence-corrected chi connectivity index (χ2v) is 5.01. The van der Waals surface area contributed by atoms with Gasteiger partial charge < -0.3 is 10.5 Å². The smallest absolute Gasteiger partial charge is 0.150 e. The third kappa shape index (κ3) is 2.64. The Bertz CT molecular complexity index is 599. The lowest BCUT2D eigenvalue weighted by molar-refractivity contribution is 0.475. The molecule has 0 unspecified atom stereocenters. The molecule has 0 aliphatic heterocycles. The maximum Gasteiger partial charge on any atom is 0.150 e. The molecule has 94 valence electrons. The number of aryl methyl sites for hydroxylation is 2. The van der Waals surface area contributed by atoms with Gasteiger partial charge in [-0.05, 0) is 65.2 Å². The fraction of sp³-hybridized carbons (Fsp3) is 0.143. The van der Waals surface area contributed by atoms with Gasteiger partial charge in [0.15, 0.2) is 5.75 Å². The van der Waals surface area contributed by atoms with E-state index in [0.29, 0.717) is 21.7 Å². The van der Waals surface area contributed by atoms with Gasteiger partial charge in [0, 0.05) is 6.07 Å². The number of nitrogen functional groups attached to an aromatic ring is 1. The highest BCUT2D eigenvalue weighted by Crippen LogP contribution is 2.34. The van der Waals surface area contributed by atoms with Crippen molar-refractivity contribution in [1.82, 2.24) is 0 Å². The molecule has 0 aliphatic carbocycles. The van der Waals surface area contributed by atoms with Crippen LogP contribution in [0.5, 0.6) is 11.5 Å². The van der Waals surface area contributed by atoms with Crippen molar-refractivity contribution in [3.63, 3.8) is 0 Å². The summed E-state index contributed by atoms with van der Waals surface area (Å²) < 4.78 is 19.5. The lowest BCUT2D eigenvalue weighted by atomic mass is 10.1. The van der Waals surface area contributed by atoms with Crippen molar-refractivity contribution < 1.29 is 9.13 Å². The van der Waals surface area contributed by atoms with Crippen molar-refractivity contribution >= 4 is 21.6 Å². The highest BCUT2D eigenvalue weighted by molar-refractivity contribution is 9.10. The van der Waals surface area contributed by atoms with Crippen molar-refractivity contribution in [3.05, 3.63) is 51.7 Å². The van der Waals surface area contributed by atoms with Crippen LogP contribution in [0, 0.1) is 19.7 Å².